The van der Waals surface area contributed by atoms with Gasteiger partial charge < -0.3 is 10.1 Å². The Morgan fingerprint density at radius 1 is 1.41 bits per heavy atom. The van der Waals surface area contributed by atoms with Gasteiger partial charge in [-0.3, -0.25) is 4.79 Å². The van der Waals surface area contributed by atoms with Gasteiger partial charge in [-0.2, -0.15) is 0 Å². The summed E-state index contributed by atoms with van der Waals surface area (Å²) in [6, 6.07) is 7.49. The van der Waals surface area contributed by atoms with Crippen molar-refractivity contribution >= 4 is 17.2 Å². The fourth-order valence-corrected chi connectivity index (χ4v) is 2.95. The van der Waals surface area contributed by atoms with Gasteiger partial charge >= 0.3 is 0 Å². The Labute approximate surface area is 135 Å². The lowest BCUT2D eigenvalue weighted by atomic mass is 10.1. The van der Waals surface area contributed by atoms with Gasteiger partial charge in [-0.05, 0) is 17.7 Å². The summed E-state index contributed by atoms with van der Waals surface area (Å²) in [6.07, 6.45) is 0.757. The van der Waals surface area contributed by atoms with E-state index in [-0.39, 0.29) is 5.91 Å². The maximum absolute atomic E-state index is 12.1. The minimum Gasteiger partial charge on any atom is -0.380 e. The van der Waals surface area contributed by atoms with Gasteiger partial charge in [0.25, 0.3) is 5.91 Å². The molecule has 0 unspecified atom stereocenters. The maximum Gasteiger partial charge on any atom is 0.251 e. The monoisotopic (exact) mass is 318 g/mol. The van der Waals surface area contributed by atoms with Crippen LogP contribution >= 0.6 is 11.3 Å². The van der Waals surface area contributed by atoms with Crippen LogP contribution in [0.25, 0.3) is 0 Å². The molecule has 1 heterocycles. The topological polar surface area (TPSA) is 51.2 Å². The molecule has 5 heteroatoms. The number of amides is 1. The van der Waals surface area contributed by atoms with E-state index in [0.717, 1.165) is 22.7 Å². The number of nitrogens with one attached hydrogen (secondary N) is 1. The third kappa shape index (κ3) is 4.64. The fraction of sp³-hybridized carbons (Fsp3) is 0.412. The van der Waals surface area contributed by atoms with Crippen LogP contribution in [0.3, 0.4) is 0 Å². The lowest BCUT2D eigenvalue weighted by molar-refractivity contribution is 0.0953. The third-order valence-corrected chi connectivity index (χ3v) is 4.42. The average Bonchev–Trinajstić information content (AvgIpc) is 2.97. The first-order chi connectivity index (χ1) is 10.6. The van der Waals surface area contributed by atoms with E-state index in [2.05, 4.69) is 29.5 Å². The number of benzene rings is 1. The van der Waals surface area contributed by atoms with Crippen LogP contribution < -0.4 is 5.32 Å². The number of ether oxygens (including phenoxy) is 1. The van der Waals surface area contributed by atoms with Crippen LogP contribution in [0.4, 0.5) is 0 Å². The van der Waals surface area contributed by atoms with E-state index in [9.17, 15) is 4.79 Å². The number of aromatic nitrogens is 1. The Kier molecular flexibility index (Phi) is 6.10. The first kappa shape index (κ1) is 16.6. The molecule has 0 bridgehead atoms. The number of hydrogen-bond acceptors (Lipinski definition) is 4. The van der Waals surface area contributed by atoms with Gasteiger partial charge in [-0.25, -0.2) is 4.98 Å². The predicted octanol–water partition coefficient (Wildman–Crippen LogP) is 3.39. The van der Waals surface area contributed by atoms with Gasteiger partial charge in [0, 0.05) is 36.9 Å². The van der Waals surface area contributed by atoms with Gasteiger partial charge in [0.15, 0.2) is 0 Å². The van der Waals surface area contributed by atoms with Crippen molar-refractivity contribution in [2.75, 3.05) is 13.7 Å². The predicted molar refractivity (Wildman–Crippen MR) is 89.4 cm³/mol. The van der Waals surface area contributed by atoms with Crippen molar-refractivity contribution in [1.29, 1.82) is 0 Å². The molecule has 2 aromatic rings. The quantitative estimate of drug-likeness (QED) is 0.851. The van der Waals surface area contributed by atoms with E-state index in [0.29, 0.717) is 24.6 Å². The normalized spacial score (nSPS) is 10.9. The van der Waals surface area contributed by atoms with E-state index >= 15 is 0 Å². The molecule has 0 saturated carbocycles. The van der Waals surface area contributed by atoms with Crippen molar-refractivity contribution in [2.45, 2.75) is 32.8 Å². The highest BCUT2D eigenvalue weighted by Crippen LogP contribution is 2.19. The van der Waals surface area contributed by atoms with Crippen LogP contribution in [-0.4, -0.2) is 24.5 Å². The molecule has 118 valence electrons. The van der Waals surface area contributed by atoms with Crippen molar-refractivity contribution in [1.82, 2.24) is 10.3 Å². The van der Waals surface area contributed by atoms with E-state index in [4.69, 9.17) is 4.74 Å². The number of carbonyl (C=O) groups excluding carboxylic acids is 1. The zero-order valence-electron chi connectivity index (χ0n) is 13.3. The molecular formula is C17H22N2O2S. The molecular weight excluding hydrogens is 296 g/mol. The Bertz CT molecular complexity index is 623. The van der Waals surface area contributed by atoms with Crippen molar-refractivity contribution in [3.63, 3.8) is 0 Å². The second-order valence-corrected chi connectivity index (χ2v) is 6.36. The van der Waals surface area contributed by atoms with Crippen molar-refractivity contribution in [2.24, 2.45) is 0 Å². The third-order valence-electron chi connectivity index (χ3n) is 3.23. The minimum absolute atomic E-state index is 0.0581. The number of methoxy groups -OCH3 is 1. The molecule has 1 amide bonds. The van der Waals surface area contributed by atoms with Crippen molar-refractivity contribution < 1.29 is 9.53 Å². The van der Waals surface area contributed by atoms with Gasteiger partial charge in [-0.1, -0.05) is 26.0 Å². The minimum atomic E-state index is -0.0581. The summed E-state index contributed by atoms with van der Waals surface area (Å²) in [5, 5.41) is 6.16. The standard InChI is InChI=1S/C17H22N2O2S/c1-12(2)17-19-15(11-22-17)7-8-18-16(20)14-6-4-5-13(9-14)10-21-3/h4-6,9,11-12H,7-8,10H2,1-3H3,(H,18,20). The average molecular weight is 318 g/mol. The molecule has 2 rings (SSSR count). The Morgan fingerprint density at radius 2 is 2.23 bits per heavy atom. The first-order valence-corrected chi connectivity index (χ1v) is 8.28. The Hall–Kier alpha value is -1.72. The van der Waals surface area contributed by atoms with Gasteiger partial charge in [0.1, 0.15) is 0 Å². The lowest BCUT2D eigenvalue weighted by Crippen LogP contribution is -2.25. The summed E-state index contributed by atoms with van der Waals surface area (Å²) in [4.78, 5) is 16.7. The number of nitrogens with zero attached hydrogens (tertiary/aromatic N) is 1. The molecule has 0 radical (unpaired) electrons. The molecule has 4 nitrogen and oxygen atoms in total. The Morgan fingerprint density at radius 3 is 2.91 bits per heavy atom. The van der Waals surface area contributed by atoms with Crippen molar-refractivity contribution in [3.05, 3.63) is 51.5 Å². The first-order valence-electron chi connectivity index (χ1n) is 7.40. The second kappa shape index (κ2) is 8.06. The van der Waals surface area contributed by atoms with E-state index in [1.165, 1.54) is 0 Å². The van der Waals surface area contributed by atoms with Gasteiger partial charge in [0.2, 0.25) is 0 Å². The molecule has 1 aromatic carbocycles. The summed E-state index contributed by atoms with van der Waals surface area (Å²) in [5.41, 5.74) is 2.70. The molecule has 0 fully saturated rings. The van der Waals surface area contributed by atoms with Crippen LogP contribution in [0.1, 0.15) is 46.4 Å². The van der Waals surface area contributed by atoms with Crippen molar-refractivity contribution in [3.8, 4) is 0 Å². The number of hydrogen-bond donors (Lipinski definition) is 1. The summed E-state index contributed by atoms with van der Waals surface area (Å²) in [6.45, 7) is 5.38. The van der Waals surface area contributed by atoms with Gasteiger partial charge in [0.05, 0.1) is 17.3 Å². The number of carbonyl (C=O) groups is 1. The summed E-state index contributed by atoms with van der Waals surface area (Å²) >= 11 is 1.68. The lowest BCUT2D eigenvalue weighted by Gasteiger charge is -2.06. The second-order valence-electron chi connectivity index (χ2n) is 5.47. The van der Waals surface area contributed by atoms with E-state index < -0.39 is 0 Å². The van der Waals surface area contributed by atoms with Crippen LogP contribution in [0.15, 0.2) is 29.6 Å². The fourth-order valence-electron chi connectivity index (χ4n) is 2.08. The molecule has 0 atom stereocenters. The zero-order chi connectivity index (χ0) is 15.9. The zero-order valence-corrected chi connectivity index (χ0v) is 14.1. The Balaban J connectivity index is 1.85. The van der Waals surface area contributed by atoms with Gasteiger partial charge in [-0.15, -0.1) is 11.3 Å². The molecule has 1 N–H and O–H groups in total. The summed E-state index contributed by atoms with van der Waals surface area (Å²) in [7, 11) is 1.64. The SMILES string of the molecule is COCc1cccc(C(=O)NCCc2csc(C(C)C)n2)c1. The molecule has 0 aliphatic heterocycles. The summed E-state index contributed by atoms with van der Waals surface area (Å²) in [5.74, 6) is 0.397. The molecule has 0 saturated heterocycles. The molecule has 0 aliphatic carbocycles. The molecule has 1 aromatic heterocycles. The van der Waals surface area contributed by atoms with Crippen LogP contribution in [-0.2, 0) is 17.8 Å². The van der Waals surface area contributed by atoms with E-state index in [1.54, 1.807) is 18.4 Å². The van der Waals surface area contributed by atoms with E-state index in [1.807, 2.05) is 24.3 Å². The highest BCUT2D eigenvalue weighted by atomic mass is 32.1. The van der Waals surface area contributed by atoms with Crippen LogP contribution in [0.5, 0.6) is 0 Å². The smallest absolute Gasteiger partial charge is 0.251 e. The molecule has 22 heavy (non-hydrogen) atoms. The largest absolute Gasteiger partial charge is 0.380 e. The molecule has 0 aliphatic rings. The highest BCUT2D eigenvalue weighted by Gasteiger charge is 2.08. The van der Waals surface area contributed by atoms with Crippen LogP contribution in [0.2, 0.25) is 0 Å². The van der Waals surface area contributed by atoms with Crippen LogP contribution in [0, 0.1) is 0 Å². The highest BCUT2D eigenvalue weighted by molar-refractivity contribution is 7.09. The maximum atomic E-state index is 12.1. The molecule has 0 spiro atoms. The number of rotatable bonds is 7. The number of thiazole rings is 1. The summed E-state index contributed by atoms with van der Waals surface area (Å²) < 4.78 is 5.08.